The number of carbonyl (C=O) groups excluding carboxylic acids is 3. The molecule has 0 saturated carbocycles. The van der Waals surface area contributed by atoms with Crippen molar-refractivity contribution >= 4 is 29.6 Å². The maximum atomic E-state index is 13.0. The van der Waals surface area contributed by atoms with Gasteiger partial charge in [0.25, 0.3) is 11.8 Å². The fourth-order valence-corrected chi connectivity index (χ4v) is 2.86. The van der Waals surface area contributed by atoms with Gasteiger partial charge in [0.05, 0.1) is 19.4 Å². The number of amides is 4. The smallest absolute Gasteiger partial charge is 0.335 e. The number of nitrogens with zero attached hydrogens (tertiary/aromatic N) is 1. The number of nitrogens with one attached hydrogen (secondary N) is 1. The van der Waals surface area contributed by atoms with Gasteiger partial charge in [-0.3, -0.25) is 14.9 Å². The molecule has 0 spiro atoms. The number of barbiturate groups is 1. The summed E-state index contributed by atoms with van der Waals surface area (Å²) in [6, 6.07) is 12.8. The third-order valence-electron chi connectivity index (χ3n) is 4.40. The zero-order valence-electron chi connectivity index (χ0n) is 16.3. The van der Waals surface area contributed by atoms with E-state index in [1.54, 1.807) is 48.5 Å². The molecule has 7 nitrogen and oxygen atoms in total. The molecule has 1 N–H and O–H groups in total. The Hall–Kier alpha value is -3.61. The van der Waals surface area contributed by atoms with Crippen molar-refractivity contribution in [1.82, 2.24) is 5.32 Å². The largest absolute Gasteiger partial charge is 0.496 e. The standard InChI is InChI=1S/C22H22N2O5/c1-3-4-13-29-17-11-9-16(10-12-17)24-21(26)18(20(25)23-22(24)27)14-15-7-5-6-8-19(15)28-2/h5-12,14H,3-4,13H2,1-2H3,(H,23,25,27)/b18-14-. The predicted molar refractivity (Wildman–Crippen MR) is 109 cm³/mol. The Morgan fingerprint density at radius 3 is 2.45 bits per heavy atom. The maximum absolute atomic E-state index is 13.0. The second kappa shape index (κ2) is 9.05. The lowest BCUT2D eigenvalue weighted by atomic mass is 10.1. The molecule has 1 fully saturated rings. The number of para-hydroxylation sites is 1. The second-order valence-electron chi connectivity index (χ2n) is 6.40. The minimum absolute atomic E-state index is 0.155. The molecule has 29 heavy (non-hydrogen) atoms. The van der Waals surface area contributed by atoms with Gasteiger partial charge in [-0.05, 0) is 42.8 Å². The molecular weight excluding hydrogens is 372 g/mol. The van der Waals surface area contributed by atoms with Crippen LogP contribution < -0.4 is 19.7 Å². The van der Waals surface area contributed by atoms with Crippen molar-refractivity contribution in [3.05, 3.63) is 59.7 Å². The summed E-state index contributed by atoms with van der Waals surface area (Å²) in [6.45, 7) is 2.67. The highest BCUT2D eigenvalue weighted by atomic mass is 16.5. The van der Waals surface area contributed by atoms with Crippen LogP contribution >= 0.6 is 0 Å². The van der Waals surface area contributed by atoms with E-state index in [9.17, 15) is 14.4 Å². The molecule has 0 unspecified atom stereocenters. The topological polar surface area (TPSA) is 84.9 Å². The van der Waals surface area contributed by atoms with Gasteiger partial charge in [-0.25, -0.2) is 9.69 Å². The fraction of sp³-hybridized carbons (Fsp3) is 0.227. The van der Waals surface area contributed by atoms with Crippen LogP contribution in [0.25, 0.3) is 6.08 Å². The van der Waals surface area contributed by atoms with Gasteiger partial charge in [-0.1, -0.05) is 31.5 Å². The molecule has 0 atom stereocenters. The number of rotatable bonds is 7. The molecule has 4 amide bonds. The highest BCUT2D eigenvalue weighted by Crippen LogP contribution is 2.26. The monoisotopic (exact) mass is 394 g/mol. The molecule has 1 heterocycles. The molecular formula is C22H22N2O5. The lowest BCUT2D eigenvalue weighted by molar-refractivity contribution is -0.122. The number of anilines is 1. The van der Waals surface area contributed by atoms with Crippen LogP contribution in [0.5, 0.6) is 11.5 Å². The van der Waals surface area contributed by atoms with Crippen molar-refractivity contribution in [3.63, 3.8) is 0 Å². The summed E-state index contributed by atoms with van der Waals surface area (Å²) in [7, 11) is 1.50. The first kappa shape index (κ1) is 20.1. The van der Waals surface area contributed by atoms with Crippen LogP contribution in [0.4, 0.5) is 10.5 Å². The van der Waals surface area contributed by atoms with Crippen LogP contribution in [0.2, 0.25) is 0 Å². The molecule has 2 aromatic carbocycles. The summed E-state index contributed by atoms with van der Waals surface area (Å²) in [4.78, 5) is 38.5. The Balaban J connectivity index is 1.88. The lowest BCUT2D eigenvalue weighted by Gasteiger charge is -2.26. The van der Waals surface area contributed by atoms with Crippen LogP contribution in [0.3, 0.4) is 0 Å². The van der Waals surface area contributed by atoms with Gasteiger partial charge in [0.15, 0.2) is 0 Å². The van der Waals surface area contributed by atoms with Gasteiger partial charge in [0.2, 0.25) is 0 Å². The van der Waals surface area contributed by atoms with Crippen molar-refractivity contribution < 1.29 is 23.9 Å². The summed E-state index contributed by atoms with van der Waals surface area (Å²) < 4.78 is 10.9. The van der Waals surface area contributed by atoms with Crippen LogP contribution in [0.1, 0.15) is 25.3 Å². The first-order valence-corrected chi connectivity index (χ1v) is 9.32. The number of ether oxygens (including phenoxy) is 2. The average Bonchev–Trinajstić information content (AvgIpc) is 2.72. The van der Waals surface area contributed by atoms with Crippen LogP contribution in [0.15, 0.2) is 54.1 Å². The number of hydrogen-bond acceptors (Lipinski definition) is 5. The molecule has 7 heteroatoms. The molecule has 3 rings (SSSR count). The Morgan fingerprint density at radius 2 is 1.76 bits per heavy atom. The first-order chi connectivity index (χ1) is 14.0. The SMILES string of the molecule is CCCCOc1ccc(N2C(=O)NC(=O)/C(=C/c3ccccc3OC)C2=O)cc1. The molecule has 0 bridgehead atoms. The summed E-state index contributed by atoms with van der Waals surface area (Å²) in [5.41, 5.74) is 0.744. The highest BCUT2D eigenvalue weighted by molar-refractivity contribution is 6.39. The van der Waals surface area contributed by atoms with E-state index in [0.717, 1.165) is 17.7 Å². The van der Waals surface area contributed by atoms with Gasteiger partial charge in [-0.15, -0.1) is 0 Å². The summed E-state index contributed by atoms with van der Waals surface area (Å²) in [5, 5.41) is 2.21. The molecule has 2 aromatic rings. The maximum Gasteiger partial charge on any atom is 0.335 e. The van der Waals surface area contributed by atoms with E-state index < -0.39 is 17.8 Å². The summed E-state index contributed by atoms with van der Waals surface area (Å²) >= 11 is 0. The minimum Gasteiger partial charge on any atom is -0.496 e. The molecule has 1 aliphatic rings. The van der Waals surface area contributed by atoms with E-state index in [1.807, 2.05) is 0 Å². The Morgan fingerprint density at radius 1 is 1.03 bits per heavy atom. The number of benzene rings is 2. The van der Waals surface area contributed by atoms with Crippen molar-refractivity contribution in [2.45, 2.75) is 19.8 Å². The van der Waals surface area contributed by atoms with Gasteiger partial charge in [-0.2, -0.15) is 0 Å². The molecule has 0 radical (unpaired) electrons. The van der Waals surface area contributed by atoms with Crippen LogP contribution in [0, 0.1) is 0 Å². The Kier molecular flexibility index (Phi) is 6.29. The second-order valence-corrected chi connectivity index (χ2v) is 6.40. The number of carbonyl (C=O) groups is 3. The predicted octanol–water partition coefficient (Wildman–Crippen LogP) is 3.54. The highest BCUT2D eigenvalue weighted by Gasteiger charge is 2.36. The van der Waals surface area contributed by atoms with Gasteiger partial charge < -0.3 is 9.47 Å². The van der Waals surface area contributed by atoms with E-state index in [2.05, 4.69) is 12.2 Å². The van der Waals surface area contributed by atoms with Gasteiger partial charge in [0, 0.05) is 5.56 Å². The van der Waals surface area contributed by atoms with Gasteiger partial charge >= 0.3 is 6.03 Å². The quantitative estimate of drug-likeness (QED) is 0.441. The van der Waals surface area contributed by atoms with Crippen LogP contribution in [-0.2, 0) is 9.59 Å². The first-order valence-electron chi connectivity index (χ1n) is 9.32. The molecule has 0 aliphatic carbocycles. The number of unbranched alkanes of at least 4 members (excludes halogenated alkanes) is 1. The van der Waals surface area contributed by atoms with E-state index >= 15 is 0 Å². The van der Waals surface area contributed by atoms with Crippen molar-refractivity contribution in [1.29, 1.82) is 0 Å². The molecule has 0 aromatic heterocycles. The third kappa shape index (κ3) is 4.45. The fourth-order valence-electron chi connectivity index (χ4n) is 2.86. The number of urea groups is 1. The molecule has 150 valence electrons. The van der Waals surface area contributed by atoms with E-state index in [-0.39, 0.29) is 5.57 Å². The lowest BCUT2D eigenvalue weighted by Crippen LogP contribution is -2.54. The number of imide groups is 2. The summed E-state index contributed by atoms with van der Waals surface area (Å²) in [6.07, 6.45) is 3.38. The Labute approximate surface area is 168 Å². The van der Waals surface area contributed by atoms with Crippen molar-refractivity contribution in [2.75, 3.05) is 18.6 Å². The normalized spacial score (nSPS) is 15.4. The zero-order chi connectivity index (χ0) is 20.8. The van der Waals surface area contributed by atoms with Crippen molar-refractivity contribution in [3.8, 4) is 11.5 Å². The summed E-state index contributed by atoms with van der Waals surface area (Å²) in [5.74, 6) is -0.295. The van der Waals surface area contributed by atoms with Crippen LogP contribution in [-0.4, -0.2) is 31.6 Å². The van der Waals surface area contributed by atoms with Crippen molar-refractivity contribution in [2.24, 2.45) is 0 Å². The van der Waals surface area contributed by atoms with Gasteiger partial charge in [0.1, 0.15) is 17.1 Å². The Bertz CT molecular complexity index is 950. The third-order valence-corrected chi connectivity index (χ3v) is 4.40. The number of methoxy groups -OCH3 is 1. The van der Waals surface area contributed by atoms with E-state index in [1.165, 1.54) is 13.2 Å². The number of hydrogen-bond donors (Lipinski definition) is 1. The zero-order valence-corrected chi connectivity index (χ0v) is 16.3. The van der Waals surface area contributed by atoms with E-state index in [4.69, 9.17) is 9.47 Å². The van der Waals surface area contributed by atoms with E-state index in [0.29, 0.717) is 29.4 Å². The molecule has 1 saturated heterocycles. The molecule has 1 aliphatic heterocycles. The average molecular weight is 394 g/mol. The minimum atomic E-state index is -0.795.